The van der Waals surface area contributed by atoms with Gasteiger partial charge in [0.2, 0.25) is 5.82 Å². The van der Waals surface area contributed by atoms with Gasteiger partial charge in [-0.15, -0.1) is 5.10 Å². The molecule has 0 bridgehead atoms. The maximum absolute atomic E-state index is 6.15. The van der Waals surface area contributed by atoms with E-state index in [4.69, 9.17) is 21.6 Å². The third-order valence-electron chi connectivity index (χ3n) is 6.00. The Labute approximate surface area is 192 Å². The maximum Gasteiger partial charge on any atom is 0.357 e. The van der Waals surface area contributed by atoms with E-state index in [0.717, 1.165) is 49.3 Å². The summed E-state index contributed by atoms with van der Waals surface area (Å²) in [5, 5.41) is 11.7. The zero-order chi connectivity index (χ0) is 22.1. The second-order valence-electron chi connectivity index (χ2n) is 8.55. The van der Waals surface area contributed by atoms with Crippen molar-refractivity contribution in [2.45, 2.75) is 18.8 Å². The van der Waals surface area contributed by atoms with Crippen LogP contribution in [0.2, 0.25) is 5.02 Å². The molecule has 166 valence electrons. The first kappa shape index (κ1) is 20.9. The van der Waals surface area contributed by atoms with Crippen LogP contribution in [0.4, 0.5) is 17.7 Å². The van der Waals surface area contributed by atoms with Crippen molar-refractivity contribution in [2.24, 2.45) is 7.05 Å². The number of H-pyrrole nitrogens is 1. The van der Waals surface area contributed by atoms with Gasteiger partial charge in [0.05, 0.1) is 7.05 Å². The smallest absolute Gasteiger partial charge is 0.317 e. The Morgan fingerprint density at radius 2 is 1.94 bits per heavy atom. The van der Waals surface area contributed by atoms with Gasteiger partial charge in [-0.3, -0.25) is 5.10 Å². The fourth-order valence-electron chi connectivity index (χ4n) is 3.79. The van der Waals surface area contributed by atoms with Gasteiger partial charge in [0.1, 0.15) is 0 Å². The van der Waals surface area contributed by atoms with Crippen LogP contribution in [0.5, 0.6) is 0 Å². The molecule has 1 aromatic carbocycles. The van der Waals surface area contributed by atoms with Crippen LogP contribution in [0.25, 0.3) is 12.2 Å². The number of benzene rings is 1. The Kier molecular flexibility index (Phi) is 5.80. The molecule has 8 nitrogen and oxygen atoms in total. The van der Waals surface area contributed by atoms with Crippen LogP contribution in [0, 0.1) is 0 Å². The quantitative estimate of drug-likeness (QED) is 0.560. The molecule has 0 unspecified atom stereocenters. The molecule has 0 spiro atoms. The molecule has 0 amide bonds. The zero-order valence-corrected chi connectivity index (χ0v) is 19.2. The minimum Gasteiger partial charge on any atom is -0.317 e. The van der Waals surface area contributed by atoms with E-state index in [-0.39, 0.29) is 0 Å². The number of aromatic amines is 1. The van der Waals surface area contributed by atoms with E-state index in [9.17, 15) is 0 Å². The summed E-state index contributed by atoms with van der Waals surface area (Å²) in [7, 11) is 4.10. The molecule has 5 rings (SSSR count). The summed E-state index contributed by atoms with van der Waals surface area (Å²) < 4.78 is 1.95. The first-order valence-corrected chi connectivity index (χ1v) is 11.4. The molecule has 1 saturated carbocycles. The summed E-state index contributed by atoms with van der Waals surface area (Å²) in [4.78, 5) is 14.3. The van der Waals surface area contributed by atoms with Crippen molar-refractivity contribution in [3.8, 4) is 0 Å². The number of aromatic nitrogens is 5. The Morgan fingerprint density at radius 3 is 2.69 bits per heavy atom. The van der Waals surface area contributed by atoms with E-state index in [0.29, 0.717) is 16.9 Å². The van der Waals surface area contributed by atoms with E-state index in [1.54, 1.807) is 0 Å². The van der Waals surface area contributed by atoms with E-state index in [1.165, 1.54) is 18.5 Å². The van der Waals surface area contributed by atoms with Gasteiger partial charge in [-0.2, -0.15) is 0 Å². The molecule has 0 radical (unpaired) electrons. The number of likely N-dealkylation sites (N-methyl/N-ethyl adjacent to an activating group) is 1. The number of halogens is 1. The number of rotatable bonds is 6. The lowest BCUT2D eigenvalue weighted by atomic mass is 10.2. The van der Waals surface area contributed by atoms with Gasteiger partial charge in [0.25, 0.3) is 0 Å². The highest BCUT2D eigenvalue weighted by molar-refractivity contribution is 6.30. The zero-order valence-electron chi connectivity index (χ0n) is 18.4. The lowest BCUT2D eigenvalue weighted by molar-refractivity contribution is -0.664. The monoisotopic (exact) mass is 451 g/mol. The third-order valence-corrected chi connectivity index (χ3v) is 6.23. The molecule has 1 saturated heterocycles. The maximum atomic E-state index is 6.15. The van der Waals surface area contributed by atoms with Gasteiger partial charge in [-0.25, -0.2) is 9.88 Å². The van der Waals surface area contributed by atoms with Gasteiger partial charge in [-0.05, 0) is 43.7 Å². The van der Waals surface area contributed by atoms with Crippen LogP contribution in [0.1, 0.15) is 35.8 Å². The lowest BCUT2D eigenvalue weighted by Gasteiger charge is -2.30. The van der Waals surface area contributed by atoms with Crippen molar-refractivity contribution in [1.29, 1.82) is 0 Å². The summed E-state index contributed by atoms with van der Waals surface area (Å²) in [5.41, 5.74) is 2.21. The normalized spacial score (nSPS) is 17.3. The van der Waals surface area contributed by atoms with Crippen LogP contribution in [0.15, 0.2) is 30.3 Å². The van der Waals surface area contributed by atoms with E-state index < -0.39 is 0 Å². The van der Waals surface area contributed by atoms with Gasteiger partial charge in [0, 0.05) is 55.0 Å². The standard InChI is InChI=1S/C23H27ClN8/c1-30-10-12-32(13-11-30)23-26-21(9-6-16-4-3-5-18(24)14-16)31(2)22(27-23)25-20-15-19(28-29-20)17-7-8-17/h3-6,9,14-15,17H,7-8,10-13H2,1-2H3,(H,28,29)/p+1. The number of piperazine rings is 1. The predicted molar refractivity (Wildman–Crippen MR) is 127 cm³/mol. The van der Waals surface area contributed by atoms with Gasteiger partial charge in [0.15, 0.2) is 5.82 Å². The van der Waals surface area contributed by atoms with Crippen molar-refractivity contribution in [3.63, 3.8) is 0 Å². The lowest BCUT2D eigenvalue weighted by Crippen LogP contribution is -2.46. The number of hydrogen-bond acceptors (Lipinski definition) is 6. The summed E-state index contributed by atoms with van der Waals surface area (Å²) in [6.45, 7) is 3.78. The molecule has 2 aliphatic rings. The third kappa shape index (κ3) is 4.76. The fourth-order valence-corrected chi connectivity index (χ4v) is 3.99. The van der Waals surface area contributed by atoms with Crippen molar-refractivity contribution in [1.82, 2.24) is 25.1 Å². The highest BCUT2D eigenvalue weighted by atomic mass is 35.5. The second kappa shape index (κ2) is 8.88. The average Bonchev–Trinajstić information content (AvgIpc) is 3.54. The summed E-state index contributed by atoms with van der Waals surface area (Å²) in [5.74, 6) is 3.62. The molecule has 1 aliphatic heterocycles. The van der Waals surface area contributed by atoms with Crippen LogP contribution in [0.3, 0.4) is 0 Å². The molecule has 3 heterocycles. The second-order valence-corrected chi connectivity index (χ2v) is 8.99. The molecule has 32 heavy (non-hydrogen) atoms. The van der Waals surface area contributed by atoms with Crippen LogP contribution in [-0.4, -0.2) is 58.3 Å². The summed E-state index contributed by atoms with van der Waals surface area (Å²) in [6, 6.07) is 9.85. The summed E-state index contributed by atoms with van der Waals surface area (Å²) in [6.07, 6.45) is 6.48. The highest BCUT2D eigenvalue weighted by Gasteiger charge is 2.28. The SMILES string of the molecule is CN1CCN(c2nc(C=Cc3cccc(Cl)c3)[n+](C)c(Nc3cc(C4CC4)[nH]n3)n2)CC1. The number of nitrogens with zero attached hydrogens (tertiary/aromatic N) is 6. The van der Waals surface area contributed by atoms with Crippen molar-refractivity contribution in [2.75, 3.05) is 43.4 Å². The highest BCUT2D eigenvalue weighted by Crippen LogP contribution is 2.39. The Morgan fingerprint density at radius 1 is 1.12 bits per heavy atom. The van der Waals surface area contributed by atoms with Gasteiger partial charge >= 0.3 is 11.9 Å². The average molecular weight is 452 g/mol. The van der Waals surface area contributed by atoms with E-state index >= 15 is 0 Å². The van der Waals surface area contributed by atoms with Crippen LogP contribution in [-0.2, 0) is 7.05 Å². The van der Waals surface area contributed by atoms with E-state index in [2.05, 4.69) is 38.4 Å². The number of hydrogen-bond donors (Lipinski definition) is 2. The topological polar surface area (TPSA) is 76.8 Å². The molecule has 0 atom stereocenters. The first-order chi connectivity index (χ1) is 15.5. The fraction of sp³-hybridized carbons (Fsp3) is 0.391. The minimum atomic E-state index is 0.620. The number of anilines is 3. The van der Waals surface area contributed by atoms with Crippen molar-refractivity contribution >= 4 is 41.5 Å². The largest absolute Gasteiger partial charge is 0.357 e. The Balaban J connectivity index is 1.47. The molecule has 1 aliphatic carbocycles. The molecular formula is C23H28ClN8+. The molecule has 2 fully saturated rings. The van der Waals surface area contributed by atoms with E-state index in [1.807, 2.05) is 48.0 Å². The van der Waals surface area contributed by atoms with Crippen LogP contribution >= 0.6 is 11.6 Å². The molecule has 3 aromatic rings. The molecule has 9 heteroatoms. The predicted octanol–water partition coefficient (Wildman–Crippen LogP) is 3.22. The number of nitrogens with one attached hydrogen (secondary N) is 2. The van der Waals surface area contributed by atoms with Gasteiger partial charge in [-0.1, -0.05) is 33.7 Å². The first-order valence-electron chi connectivity index (χ1n) is 11.0. The molecule has 2 aromatic heterocycles. The summed E-state index contributed by atoms with van der Waals surface area (Å²) >= 11 is 6.15. The Hall–Kier alpha value is -2.97. The molecular weight excluding hydrogens is 424 g/mol. The van der Waals surface area contributed by atoms with Gasteiger partial charge < -0.3 is 9.80 Å². The van der Waals surface area contributed by atoms with Crippen molar-refractivity contribution in [3.05, 3.63) is 52.4 Å². The Bertz CT molecular complexity index is 1130. The van der Waals surface area contributed by atoms with Crippen molar-refractivity contribution < 1.29 is 4.57 Å². The minimum absolute atomic E-state index is 0.620. The van der Waals surface area contributed by atoms with Crippen LogP contribution < -0.4 is 14.8 Å². The molecule has 2 N–H and O–H groups in total.